The minimum atomic E-state index is -0.450. The summed E-state index contributed by atoms with van der Waals surface area (Å²) in [5.74, 6) is 0.179. The number of aliphatic hydroxyl groups excluding tert-OH is 1. The standard InChI is InChI=1S/C17H10N2O2S/c18-8-12-15-10-4-5-13(22-7-6-20)9-2-1-3-11(14(9)10)16(15)19-17(12)21/h1-5,20H,6-7H2. The van der Waals surface area contributed by atoms with Gasteiger partial charge in [0.15, 0.2) is 0 Å². The number of amides is 1. The topological polar surface area (TPSA) is 73.5 Å². The Morgan fingerprint density at radius 3 is 2.86 bits per heavy atom. The highest BCUT2D eigenvalue weighted by Crippen LogP contribution is 2.44. The lowest BCUT2D eigenvalue weighted by molar-refractivity contribution is -0.113. The summed E-state index contributed by atoms with van der Waals surface area (Å²) in [6, 6.07) is 11.8. The summed E-state index contributed by atoms with van der Waals surface area (Å²) in [4.78, 5) is 17.0. The number of carbonyl (C=O) groups is 1. The average molecular weight is 306 g/mol. The van der Waals surface area contributed by atoms with Crippen LogP contribution in [0.25, 0.3) is 16.3 Å². The maximum Gasteiger partial charge on any atom is 0.288 e. The molecule has 106 valence electrons. The van der Waals surface area contributed by atoms with Crippen molar-refractivity contribution < 1.29 is 9.90 Å². The Morgan fingerprint density at radius 2 is 2.09 bits per heavy atom. The van der Waals surface area contributed by atoms with Crippen LogP contribution < -0.4 is 0 Å². The van der Waals surface area contributed by atoms with Crippen molar-refractivity contribution in [2.24, 2.45) is 4.99 Å². The van der Waals surface area contributed by atoms with E-state index in [9.17, 15) is 10.1 Å². The van der Waals surface area contributed by atoms with Gasteiger partial charge in [-0.1, -0.05) is 24.3 Å². The normalized spacial score (nSPS) is 15.3. The van der Waals surface area contributed by atoms with Crippen molar-refractivity contribution in [3.05, 3.63) is 47.0 Å². The highest BCUT2D eigenvalue weighted by Gasteiger charge is 2.35. The number of rotatable bonds is 3. The highest BCUT2D eigenvalue weighted by atomic mass is 32.2. The Kier molecular flexibility index (Phi) is 2.89. The van der Waals surface area contributed by atoms with Gasteiger partial charge in [0.1, 0.15) is 11.6 Å². The number of benzene rings is 2. The molecule has 0 saturated carbocycles. The first-order valence-corrected chi connectivity index (χ1v) is 7.82. The average Bonchev–Trinajstić information content (AvgIpc) is 3.02. The van der Waals surface area contributed by atoms with E-state index in [2.05, 4.69) is 4.99 Å². The molecule has 1 heterocycles. The van der Waals surface area contributed by atoms with Crippen molar-refractivity contribution >= 4 is 39.7 Å². The van der Waals surface area contributed by atoms with Crippen LogP contribution in [0.4, 0.5) is 0 Å². The monoisotopic (exact) mass is 306 g/mol. The van der Waals surface area contributed by atoms with Gasteiger partial charge in [0.05, 0.1) is 12.3 Å². The summed E-state index contributed by atoms with van der Waals surface area (Å²) in [5.41, 5.74) is 3.22. The SMILES string of the molecule is N#CC1=C2C(=NC1=O)c1cccc3c(SCCO)ccc2c13. The molecule has 0 aromatic heterocycles. The van der Waals surface area contributed by atoms with Crippen LogP contribution in [-0.4, -0.2) is 29.1 Å². The van der Waals surface area contributed by atoms with Crippen LogP contribution in [0.3, 0.4) is 0 Å². The molecule has 1 aliphatic heterocycles. The van der Waals surface area contributed by atoms with E-state index in [1.54, 1.807) is 11.8 Å². The Morgan fingerprint density at radius 1 is 1.23 bits per heavy atom. The fraction of sp³-hybridized carbons (Fsp3) is 0.118. The van der Waals surface area contributed by atoms with Crippen LogP contribution in [0.5, 0.6) is 0 Å². The van der Waals surface area contributed by atoms with E-state index in [0.717, 1.165) is 26.8 Å². The van der Waals surface area contributed by atoms with E-state index < -0.39 is 5.91 Å². The van der Waals surface area contributed by atoms with Gasteiger partial charge in [-0.2, -0.15) is 5.26 Å². The quantitative estimate of drug-likeness (QED) is 0.884. The number of fused-ring (bicyclic) bond motifs is 3. The number of carbonyl (C=O) groups excluding carboxylic acids is 1. The van der Waals surface area contributed by atoms with E-state index in [-0.39, 0.29) is 12.2 Å². The second-order valence-electron chi connectivity index (χ2n) is 5.04. The predicted molar refractivity (Wildman–Crippen MR) is 85.8 cm³/mol. The number of aliphatic hydroxyl groups is 1. The molecule has 2 aromatic rings. The zero-order valence-corrected chi connectivity index (χ0v) is 12.3. The third-order valence-corrected chi connectivity index (χ3v) is 4.95. The third kappa shape index (κ3) is 1.62. The molecule has 1 N–H and O–H groups in total. The van der Waals surface area contributed by atoms with Crippen molar-refractivity contribution in [1.29, 1.82) is 5.26 Å². The molecule has 2 aliphatic rings. The molecular weight excluding hydrogens is 296 g/mol. The minimum Gasteiger partial charge on any atom is -0.396 e. The molecular formula is C17H10N2O2S. The smallest absolute Gasteiger partial charge is 0.288 e. The van der Waals surface area contributed by atoms with Gasteiger partial charge in [-0.05, 0) is 17.0 Å². The number of hydrogen-bond donors (Lipinski definition) is 1. The molecule has 0 spiro atoms. The van der Waals surface area contributed by atoms with Crippen LogP contribution in [0, 0.1) is 11.3 Å². The summed E-state index contributed by atoms with van der Waals surface area (Å²) in [6.45, 7) is 0.124. The third-order valence-electron chi connectivity index (χ3n) is 3.90. The molecule has 2 aromatic carbocycles. The lowest BCUT2D eigenvalue weighted by Crippen LogP contribution is -1.93. The lowest BCUT2D eigenvalue weighted by atomic mass is 10.0. The van der Waals surface area contributed by atoms with E-state index >= 15 is 0 Å². The molecule has 5 heteroatoms. The van der Waals surface area contributed by atoms with E-state index in [4.69, 9.17) is 5.11 Å². The van der Waals surface area contributed by atoms with Crippen molar-refractivity contribution in [2.45, 2.75) is 4.90 Å². The first-order chi connectivity index (χ1) is 10.8. The van der Waals surface area contributed by atoms with Gasteiger partial charge in [-0.3, -0.25) is 4.79 Å². The van der Waals surface area contributed by atoms with Crippen LogP contribution in [-0.2, 0) is 4.79 Å². The van der Waals surface area contributed by atoms with Gasteiger partial charge >= 0.3 is 0 Å². The second kappa shape index (κ2) is 4.80. The van der Waals surface area contributed by atoms with Crippen molar-refractivity contribution in [2.75, 3.05) is 12.4 Å². The van der Waals surface area contributed by atoms with Crippen LogP contribution >= 0.6 is 11.8 Å². The van der Waals surface area contributed by atoms with E-state index in [1.165, 1.54) is 0 Å². The van der Waals surface area contributed by atoms with Gasteiger partial charge in [0.2, 0.25) is 0 Å². The summed E-state index contributed by atoms with van der Waals surface area (Å²) in [6.07, 6.45) is 0. The van der Waals surface area contributed by atoms with E-state index in [0.29, 0.717) is 17.0 Å². The number of nitrogens with zero attached hydrogens (tertiary/aromatic N) is 2. The van der Waals surface area contributed by atoms with Gasteiger partial charge in [0, 0.05) is 27.2 Å². The molecule has 0 bridgehead atoms. The Hall–Kier alpha value is -2.42. The number of allylic oxidation sites excluding steroid dienone is 1. The number of nitriles is 1. The molecule has 22 heavy (non-hydrogen) atoms. The van der Waals surface area contributed by atoms with Gasteiger partial charge in [-0.15, -0.1) is 11.8 Å². The summed E-state index contributed by atoms with van der Waals surface area (Å²) >= 11 is 1.59. The van der Waals surface area contributed by atoms with Crippen LogP contribution in [0.2, 0.25) is 0 Å². The lowest BCUT2D eigenvalue weighted by Gasteiger charge is -2.08. The van der Waals surface area contributed by atoms with Crippen molar-refractivity contribution in [3.63, 3.8) is 0 Å². The van der Waals surface area contributed by atoms with Crippen LogP contribution in [0.1, 0.15) is 11.1 Å². The van der Waals surface area contributed by atoms with Gasteiger partial charge in [0.25, 0.3) is 5.91 Å². The Balaban J connectivity index is 2.04. The molecule has 0 fully saturated rings. The highest BCUT2D eigenvalue weighted by molar-refractivity contribution is 7.99. The molecule has 1 amide bonds. The number of thioether (sulfide) groups is 1. The first-order valence-electron chi connectivity index (χ1n) is 6.84. The van der Waals surface area contributed by atoms with Gasteiger partial charge < -0.3 is 5.11 Å². The van der Waals surface area contributed by atoms with Crippen LogP contribution in [0.15, 0.2) is 45.8 Å². The Labute approximate surface area is 130 Å². The van der Waals surface area contributed by atoms with Gasteiger partial charge in [-0.25, -0.2) is 4.99 Å². The molecule has 0 saturated heterocycles. The molecule has 1 aliphatic carbocycles. The molecule has 0 unspecified atom stereocenters. The number of hydrogen-bond acceptors (Lipinski definition) is 4. The summed E-state index contributed by atoms with van der Waals surface area (Å²) < 4.78 is 0. The summed E-state index contributed by atoms with van der Waals surface area (Å²) in [5, 5.41) is 20.4. The minimum absolute atomic E-state index is 0.124. The maximum atomic E-state index is 11.9. The molecule has 4 rings (SSSR count). The predicted octanol–water partition coefficient (Wildman–Crippen LogP) is 2.54. The zero-order chi connectivity index (χ0) is 15.3. The number of aliphatic imine (C=N–C) groups is 1. The fourth-order valence-electron chi connectivity index (χ4n) is 3.07. The second-order valence-corrected chi connectivity index (χ2v) is 6.18. The van der Waals surface area contributed by atoms with Crippen molar-refractivity contribution in [1.82, 2.24) is 0 Å². The fourth-order valence-corrected chi connectivity index (χ4v) is 3.87. The molecule has 4 nitrogen and oxygen atoms in total. The largest absolute Gasteiger partial charge is 0.396 e. The first kappa shape index (κ1) is 13.3. The zero-order valence-electron chi connectivity index (χ0n) is 11.5. The van der Waals surface area contributed by atoms with Crippen molar-refractivity contribution in [3.8, 4) is 6.07 Å². The molecule has 0 radical (unpaired) electrons. The maximum absolute atomic E-state index is 11.9. The molecule has 0 atom stereocenters. The summed E-state index contributed by atoms with van der Waals surface area (Å²) in [7, 11) is 0. The van der Waals surface area contributed by atoms with E-state index in [1.807, 2.05) is 36.4 Å². The Bertz CT molecular complexity index is 951.